The van der Waals surface area contributed by atoms with Crippen LogP contribution in [0.3, 0.4) is 0 Å². The Balaban J connectivity index is 0.000000791. The average molecular weight is 196 g/mol. The zero-order valence-electron chi connectivity index (χ0n) is 9.20. The molecule has 0 fully saturated rings. The van der Waals surface area contributed by atoms with Crippen LogP contribution >= 0.6 is 0 Å². The molecule has 0 amide bonds. The van der Waals surface area contributed by atoms with Gasteiger partial charge in [0.25, 0.3) is 0 Å². The average Bonchev–Trinajstić information content (AvgIpc) is 2.24. The van der Waals surface area contributed by atoms with E-state index in [0.717, 1.165) is 12.0 Å². The molecule has 0 saturated heterocycles. The van der Waals surface area contributed by atoms with Gasteiger partial charge in [0.15, 0.2) is 0 Å². The standard InChI is InChI=1S/C10H14O2.C2H6/c1-8(7-11)6-9-2-4-10(12)5-3-9;1-2/h2-5,8,11-12H,6-7H2,1H3;1-2H3. The fraction of sp³-hybridized carbons (Fsp3) is 0.500. The highest BCUT2D eigenvalue weighted by Gasteiger charge is 2.01. The van der Waals surface area contributed by atoms with E-state index in [4.69, 9.17) is 10.2 Å². The molecule has 1 aromatic carbocycles. The Morgan fingerprint density at radius 3 is 2.07 bits per heavy atom. The first-order chi connectivity index (χ1) is 6.72. The summed E-state index contributed by atoms with van der Waals surface area (Å²) in [5, 5.41) is 17.8. The third kappa shape index (κ3) is 4.87. The normalized spacial score (nSPS) is 11.4. The summed E-state index contributed by atoms with van der Waals surface area (Å²) in [4.78, 5) is 0. The number of benzene rings is 1. The van der Waals surface area contributed by atoms with Crippen molar-refractivity contribution in [2.24, 2.45) is 5.92 Å². The van der Waals surface area contributed by atoms with E-state index in [1.54, 1.807) is 12.1 Å². The van der Waals surface area contributed by atoms with Gasteiger partial charge >= 0.3 is 0 Å². The summed E-state index contributed by atoms with van der Waals surface area (Å²) in [6.07, 6.45) is 0.858. The van der Waals surface area contributed by atoms with Gasteiger partial charge < -0.3 is 10.2 Å². The monoisotopic (exact) mass is 196 g/mol. The third-order valence-electron chi connectivity index (χ3n) is 1.83. The largest absolute Gasteiger partial charge is 0.508 e. The molecule has 0 spiro atoms. The summed E-state index contributed by atoms with van der Waals surface area (Å²) >= 11 is 0. The Bertz CT molecular complexity index is 229. The topological polar surface area (TPSA) is 40.5 Å². The summed E-state index contributed by atoms with van der Waals surface area (Å²) in [5.41, 5.74) is 1.15. The molecule has 0 aliphatic carbocycles. The lowest BCUT2D eigenvalue weighted by Crippen LogP contribution is -2.03. The van der Waals surface area contributed by atoms with E-state index in [1.807, 2.05) is 32.9 Å². The zero-order valence-corrected chi connectivity index (χ0v) is 9.20. The summed E-state index contributed by atoms with van der Waals surface area (Å²) < 4.78 is 0. The lowest BCUT2D eigenvalue weighted by Gasteiger charge is -2.06. The van der Waals surface area contributed by atoms with Gasteiger partial charge in [-0.3, -0.25) is 0 Å². The number of hydrogen-bond donors (Lipinski definition) is 2. The summed E-state index contributed by atoms with van der Waals surface area (Å²) in [6, 6.07) is 7.09. The van der Waals surface area contributed by atoms with E-state index in [-0.39, 0.29) is 18.3 Å². The van der Waals surface area contributed by atoms with Crippen LogP contribution in [0, 0.1) is 5.92 Å². The molecule has 1 unspecified atom stereocenters. The van der Waals surface area contributed by atoms with Crippen LogP contribution < -0.4 is 0 Å². The number of aromatic hydroxyl groups is 1. The Kier molecular flexibility index (Phi) is 6.85. The van der Waals surface area contributed by atoms with Gasteiger partial charge in [-0.2, -0.15) is 0 Å². The van der Waals surface area contributed by atoms with Crippen molar-refractivity contribution in [1.29, 1.82) is 0 Å². The van der Waals surface area contributed by atoms with Gasteiger partial charge in [0.2, 0.25) is 0 Å². The van der Waals surface area contributed by atoms with E-state index in [1.165, 1.54) is 0 Å². The summed E-state index contributed by atoms with van der Waals surface area (Å²) in [6.45, 7) is 6.20. The van der Waals surface area contributed by atoms with Gasteiger partial charge in [-0.1, -0.05) is 32.9 Å². The lowest BCUT2D eigenvalue weighted by molar-refractivity contribution is 0.237. The molecule has 0 aliphatic rings. The van der Waals surface area contributed by atoms with E-state index in [2.05, 4.69) is 0 Å². The maximum absolute atomic E-state index is 9.00. The van der Waals surface area contributed by atoms with Crippen LogP contribution in [0.25, 0.3) is 0 Å². The molecule has 1 rings (SSSR count). The number of hydrogen-bond acceptors (Lipinski definition) is 2. The highest BCUT2D eigenvalue weighted by Crippen LogP contribution is 2.12. The van der Waals surface area contributed by atoms with Crippen molar-refractivity contribution in [3.05, 3.63) is 29.8 Å². The minimum atomic E-state index is 0.209. The van der Waals surface area contributed by atoms with E-state index >= 15 is 0 Å². The smallest absolute Gasteiger partial charge is 0.115 e. The van der Waals surface area contributed by atoms with Crippen molar-refractivity contribution in [2.45, 2.75) is 27.2 Å². The number of phenolic OH excluding ortho intramolecular Hbond substituents is 1. The SMILES string of the molecule is CC.CC(CO)Cc1ccc(O)cc1. The number of phenols is 1. The molecule has 0 bridgehead atoms. The van der Waals surface area contributed by atoms with Gasteiger partial charge in [0.1, 0.15) is 5.75 Å². The molecular formula is C12H20O2. The van der Waals surface area contributed by atoms with Crippen LogP contribution in [0.5, 0.6) is 5.75 Å². The quantitative estimate of drug-likeness (QED) is 0.780. The summed E-state index contributed by atoms with van der Waals surface area (Å²) in [5.74, 6) is 0.574. The molecule has 1 aromatic rings. The maximum Gasteiger partial charge on any atom is 0.115 e. The molecule has 0 aliphatic heterocycles. The Morgan fingerprint density at radius 2 is 1.64 bits per heavy atom. The van der Waals surface area contributed by atoms with Crippen molar-refractivity contribution in [1.82, 2.24) is 0 Å². The molecule has 0 aromatic heterocycles. The number of rotatable bonds is 3. The van der Waals surface area contributed by atoms with Crippen LogP contribution in [0.1, 0.15) is 26.3 Å². The fourth-order valence-electron chi connectivity index (χ4n) is 1.10. The molecule has 2 heteroatoms. The number of aliphatic hydroxyl groups excluding tert-OH is 1. The molecule has 14 heavy (non-hydrogen) atoms. The van der Waals surface area contributed by atoms with E-state index in [9.17, 15) is 0 Å². The molecule has 0 heterocycles. The van der Waals surface area contributed by atoms with E-state index < -0.39 is 0 Å². The predicted molar refractivity (Wildman–Crippen MR) is 59.4 cm³/mol. The molecule has 0 radical (unpaired) electrons. The zero-order chi connectivity index (χ0) is 11.0. The van der Waals surface area contributed by atoms with Crippen molar-refractivity contribution in [3.63, 3.8) is 0 Å². The van der Waals surface area contributed by atoms with Crippen LogP contribution in [0.2, 0.25) is 0 Å². The van der Waals surface area contributed by atoms with Gasteiger partial charge in [0.05, 0.1) is 0 Å². The molecule has 2 nitrogen and oxygen atoms in total. The number of aliphatic hydroxyl groups is 1. The van der Waals surface area contributed by atoms with Crippen molar-refractivity contribution in [3.8, 4) is 5.75 Å². The second-order valence-electron chi connectivity index (χ2n) is 3.16. The molecule has 1 atom stereocenters. The first-order valence-corrected chi connectivity index (χ1v) is 5.11. The molecule has 2 N–H and O–H groups in total. The van der Waals surface area contributed by atoms with Gasteiger partial charge in [-0.25, -0.2) is 0 Å². The van der Waals surface area contributed by atoms with Crippen molar-refractivity contribution in [2.75, 3.05) is 6.61 Å². The van der Waals surface area contributed by atoms with Crippen molar-refractivity contribution >= 4 is 0 Å². The summed E-state index contributed by atoms with van der Waals surface area (Å²) in [7, 11) is 0. The van der Waals surface area contributed by atoms with Gasteiger partial charge in [0, 0.05) is 6.61 Å². The second-order valence-corrected chi connectivity index (χ2v) is 3.16. The van der Waals surface area contributed by atoms with Crippen LogP contribution in [-0.2, 0) is 6.42 Å². The third-order valence-corrected chi connectivity index (χ3v) is 1.83. The highest BCUT2D eigenvalue weighted by atomic mass is 16.3. The van der Waals surface area contributed by atoms with Gasteiger partial charge in [-0.05, 0) is 30.0 Å². The van der Waals surface area contributed by atoms with Crippen LogP contribution in [0.15, 0.2) is 24.3 Å². The van der Waals surface area contributed by atoms with Crippen molar-refractivity contribution < 1.29 is 10.2 Å². The highest BCUT2D eigenvalue weighted by molar-refractivity contribution is 5.26. The first kappa shape index (κ1) is 13.0. The Morgan fingerprint density at radius 1 is 1.14 bits per heavy atom. The Hall–Kier alpha value is -1.02. The molecule has 80 valence electrons. The minimum Gasteiger partial charge on any atom is -0.508 e. The molecule has 0 saturated carbocycles. The Labute approximate surface area is 86.2 Å². The first-order valence-electron chi connectivity index (χ1n) is 5.11. The molecular weight excluding hydrogens is 176 g/mol. The second kappa shape index (κ2) is 7.39. The predicted octanol–water partition coefficient (Wildman–Crippen LogP) is 2.59. The maximum atomic E-state index is 9.00. The fourth-order valence-corrected chi connectivity index (χ4v) is 1.10. The van der Waals surface area contributed by atoms with Gasteiger partial charge in [-0.15, -0.1) is 0 Å². The van der Waals surface area contributed by atoms with E-state index in [0.29, 0.717) is 0 Å². The van der Waals surface area contributed by atoms with Crippen LogP contribution in [0.4, 0.5) is 0 Å². The minimum absolute atomic E-state index is 0.209. The van der Waals surface area contributed by atoms with Crippen LogP contribution in [-0.4, -0.2) is 16.8 Å². The lowest BCUT2D eigenvalue weighted by atomic mass is 10.0.